The van der Waals surface area contributed by atoms with Crippen molar-refractivity contribution in [2.24, 2.45) is 0 Å². The van der Waals surface area contributed by atoms with Crippen LogP contribution in [0.4, 0.5) is 0 Å². The molecule has 0 N–H and O–H groups in total. The zero-order valence-electron chi connectivity index (χ0n) is 7.09. The molecule has 0 amide bonds. The van der Waals surface area contributed by atoms with E-state index in [9.17, 15) is 0 Å². The molecule has 0 aromatic heterocycles. The van der Waals surface area contributed by atoms with Gasteiger partial charge in [-0.2, -0.15) is 0 Å². The van der Waals surface area contributed by atoms with Crippen LogP contribution >= 0.6 is 0 Å². The molecule has 1 saturated heterocycles. The monoisotopic (exact) mass is 154 g/mol. The Morgan fingerprint density at radius 2 is 1.45 bits per heavy atom. The number of fused-ring (bicyclic) bond motifs is 1. The van der Waals surface area contributed by atoms with Crippen molar-refractivity contribution < 1.29 is 9.47 Å². The van der Waals surface area contributed by atoms with Crippen LogP contribution < -0.4 is 0 Å². The molecular weight excluding hydrogens is 140 g/mol. The van der Waals surface area contributed by atoms with Gasteiger partial charge in [0, 0.05) is 0 Å². The molecule has 1 aliphatic heterocycles. The van der Waals surface area contributed by atoms with Gasteiger partial charge in [-0.15, -0.1) is 0 Å². The summed E-state index contributed by atoms with van der Waals surface area (Å²) >= 11 is 0. The van der Waals surface area contributed by atoms with E-state index in [4.69, 9.17) is 9.47 Å². The first-order chi connectivity index (χ1) is 5.47. The van der Waals surface area contributed by atoms with Gasteiger partial charge in [-0.05, 0) is 25.0 Å². The summed E-state index contributed by atoms with van der Waals surface area (Å²) in [5.74, 6) is 1.86. The molecule has 2 aliphatic rings. The fourth-order valence-electron chi connectivity index (χ4n) is 1.05. The van der Waals surface area contributed by atoms with Crippen molar-refractivity contribution in [1.82, 2.24) is 0 Å². The largest absolute Gasteiger partial charge is 0.454 e. The minimum Gasteiger partial charge on any atom is -0.454 e. The van der Waals surface area contributed by atoms with Crippen LogP contribution in [0.5, 0.6) is 0 Å². The van der Waals surface area contributed by atoms with E-state index in [2.05, 4.69) is 12.2 Å². The Balaban J connectivity index is 0.000000281. The van der Waals surface area contributed by atoms with E-state index >= 15 is 0 Å². The molecule has 2 heteroatoms. The van der Waals surface area contributed by atoms with Gasteiger partial charge in [0.25, 0.3) is 0 Å². The van der Waals surface area contributed by atoms with Crippen LogP contribution in [0.25, 0.3) is 0 Å². The van der Waals surface area contributed by atoms with E-state index in [1.165, 1.54) is 0 Å². The van der Waals surface area contributed by atoms with Gasteiger partial charge in [-0.1, -0.05) is 13.8 Å². The summed E-state index contributed by atoms with van der Waals surface area (Å²) in [6.45, 7) is 4.40. The van der Waals surface area contributed by atoms with Crippen molar-refractivity contribution in [3.8, 4) is 0 Å². The topological polar surface area (TPSA) is 18.5 Å². The number of allylic oxidation sites excluding steroid dienone is 2. The van der Waals surface area contributed by atoms with Crippen molar-refractivity contribution >= 4 is 0 Å². The Bertz CT molecular complexity index is 160. The molecule has 0 aromatic carbocycles. The van der Waals surface area contributed by atoms with Crippen molar-refractivity contribution in [3.05, 3.63) is 23.7 Å². The normalized spacial score (nSPS) is 19.5. The molecular formula is C9H14O2. The second kappa shape index (κ2) is 4.06. The third-order valence-electron chi connectivity index (χ3n) is 1.50. The van der Waals surface area contributed by atoms with E-state index in [-0.39, 0.29) is 0 Å². The Hall–Kier alpha value is -0.920. The van der Waals surface area contributed by atoms with E-state index in [1.54, 1.807) is 0 Å². The third kappa shape index (κ3) is 1.76. The van der Waals surface area contributed by atoms with Crippen LogP contribution in [0.15, 0.2) is 23.7 Å². The molecule has 0 saturated carbocycles. The summed E-state index contributed by atoms with van der Waals surface area (Å²) in [5.41, 5.74) is 0. The fraction of sp³-hybridized carbons (Fsp3) is 0.556. The molecule has 0 aromatic rings. The van der Waals surface area contributed by atoms with Crippen LogP contribution in [0.3, 0.4) is 0 Å². The molecule has 2 rings (SSSR count). The zero-order chi connectivity index (χ0) is 8.10. The van der Waals surface area contributed by atoms with Gasteiger partial charge in [0.05, 0.1) is 0 Å². The average molecular weight is 154 g/mol. The molecule has 0 bridgehead atoms. The van der Waals surface area contributed by atoms with Crippen molar-refractivity contribution in [2.45, 2.75) is 26.7 Å². The van der Waals surface area contributed by atoms with Gasteiger partial charge >= 0.3 is 0 Å². The Kier molecular flexibility index (Phi) is 3.02. The van der Waals surface area contributed by atoms with Gasteiger partial charge in [-0.25, -0.2) is 0 Å². The molecule has 62 valence electrons. The smallest absolute Gasteiger partial charge is 0.231 e. The van der Waals surface area contributed by atoms with Gasteiger partial charge in [0.1, 0.15) is 0 Å². The summed E-state index contributed by atoms with van der Waals surface area (Å²) in [4.78, 5) is 0. The maximum Gasteiger partial charge on any atom is 0.231 e. The minimum atomic E-state index is 0.400. The van der Waals surface area contributed by atoms with E-state index in [0.29, 0.717) is 6.79 Å². The highest BCUT2D eigenvalue weighted by Gasteiger charge is 2.17. The molecule has 1 heterocycles. The molecule has 1 fully saturated rings. The minimum absolute atomic E-state index is 0.400. The molecule has 11 heavy (non-hydrogen) atoms. The zero-order valence-corrected chi connectivity index (χ0v) is 7.09. The number of rotatable bonds is 0. The van der Waals surface area contributed by atoms with E-state index in [0.717, 1.165) is 24.4 Å². The Morgan fingerprint density at radius 1 is 1.00 bits per heavy atom. The summed E-state index contributed by atoms with van der Waals surface area (Å²) in [7, 11) is 0. The predicted molar refractivity (Wildman–Crippen MR) is 43.8 cm³/mol. The van der Waals surface area contributed by atoms with Crippen molar-refractivity contribution in [1.29, 1.82) is 0 Å². The first-order valence-electron chi connectivity index (χ1n) is 4.13. The van der Waals surface area contributed by atoms with Crippen LogP contribution in [-0.4, -0.2) is 6.79 Å². The molecule has 0 spiro atoms. The SMILES string of the molecule is C1=C2OCOC2=CCC1.CC. The second-order valence-electron chi connectivity index (χ2n) is 2.12. The molecule has 0 radical (unpaired) electrons. The highest BCUT2D eigenvalue weighted by molar-refractivity contribution is 5.25. The summed E-state index contributed by atoms with van der Waals surface area (Å²) in [6.07, 6.45) is 6.31. The summed E-state index contributed by atoms with van der Waals surface area (Å²) in [5, 5.41) is 0. The van der Waals surface area contributed by atoms with E-state index in [1.807, 2.05) is 13.8 Å². The second-order valence-corrected chi connectivity index (χ2v) is 2.12. The lowest BCUT2D eigenvalue weighted by Gasteiger charge is -2.01. The Labute approximate surface area is 67.5 Å². The van der Waals surface area contributed by atoms with Crippen molar-refractivity contribution in [3.63, 3.8) is 0 Å². The number of hydrogen-bond acceptors (Lipinski definition) is 2. The van der Waals surface area contributed by atoms with Crippen molar-refractivity contribution in [2.75, 3.05) is 6.79 Å². The average Bonchev–Trinajstić information content (AvgIpc) is 2.55. The fourth-order valence-corrected chi connectivity index (χ4v) is 1.05. The number of ether oxygens (including phenoxy) is 2. The highest BCUT2D eigenvalue weighted by atomic mass is 16.7. The summed E-state index contributed by atoms with van der Waals surface area (Å²) in [6, 6.07) is 0. The van der Waals surface area contributed by atoms with Crippen LogP contribution in [0.2, 0.25) is 0 Å². The first kappa shape index (κ1) is 8.18. The molecule has 2 nitrogen and oxygen atoms in total. The predicted octanol–water partition coefficient (Wildman–Crippen LogP) is 2.58. The van der Waals surface area contributed by atoms with Gasteiger partial charge in [0.15, 0.2) is 11.5 Å². The molecule has 0 unspecified atom stereocenters. The maximum atomic E-state index is 5.13. The lowest BCUT2D eigenvalue weighted by molar-refractivity contribution is 0.0977. The summed E-state index contributed by atoms with van der Waals surface area (Å²) < 4.78 is 10.3. The van der Waals surface area contributed by atoms with Crippen LogP contribution in [-0.2, 0) is 9.47 Å². The standard InChI is InChI=1S/C7H8O2.C2H6/c1-2-4-7-6(3-1)8-5-9-7;1-2/h3-4H,1-2,5H2;1-2H3. The third-order valence-corrected chi connectivity index (χ3v) is 1.50. The Morgan fingerprint density at radius 3 is 1.91 bits per heavy atom. The molecule has 1 aliphatic carbocycles. The molecule has 0 atom stereocenters. The maximum absolute atomic E-state index is 5.13. The van der Waals surface area contributed by atoms with Crippen LogP contribution in [0, 0.1) is 0 Å². The lowest BCUT2D eigenvalue weighted by atomic mass is 10.1. The van der Waals surface area contributed by atoms with Crippen LogP contribution in [0.1, 0.15) is 26.7 Å². The van der Waals surface area contributed by atoms with Gasteiger partial charge in [-0.3, -0.25) is 0 Å². The van der Waals surface area contributed by atoms with E-state index < -0.39 is 0 Å². The number of hydrogen-bond donors (Lipinski definition) is 0. The quantitative estimate of drug-likeness (QED) is 0.534. The lowest BCUT2D eigenvalue weighted by Crippen LogP contribution is -1.87. The highest BCUT2D eigenvalue weighted by Crippen LogP contribution is 2.25. The van der Waals surface area contributed by atoms with Gasteiger partial charge < -0.3 is 9.47 Å². The first-order valence-corrected chi connectivity index (χ1v) is 4.13. The van der Waals surface area contributed by atoms with Gasteiger partial charge in [0.2, 0.25) is 6.79 Å².